The van der Waals surface area contributed by atoms with E-state index in [9.17, 15) is 14.4 Å². The van der Waals surface area contributed by atoms with Crippen molar-refractivity contribution in [3.63, 3.8) is 0 Å². The fraction of sp³-hybridized carbons (Fsp3) is 0.222. The van der Waals surface area contributed by atoms with Crippen LogP contribution in [-0.4, -0.2) is 75.9 Å². The average molecular weight is 721 g/mol. The molecule has 3 aromatic rings. The standard InChI is InChI=1S/3C9H10O4.Lu/c3*1-12-6-3-4-7(9(10)11)8(5-6)13-2;/h3*3-5H,1-2H3,(H,10,11);. The van der Waals surface area contributed by atoms with E-state index in [4.69, 9.17) is 43.7 Å². The summed E-state index contributed by atoms with van der Waals surface area (Å²) >= 11 is 0. The molecule has 40 heavy (non-hydrogen) atoms. The maximum absolute atomic E-state index is 10.7. The molecule has 12 nitrogen and oxygen atoms in total. The first-order chi connectivity index (χ1) is 18.6. The number of ether oxygens (including phenoxy) is 6. The number of methoxy groups -OCH3 is 6. The molecule has 0 atom stereocenters. The van der Waals surface area contributed by atoms with Gasteiger partial charge in [-0.15, -0.1) is 0 Å². The van der Waals surface area contributed by atoms with Crippen LogP contribution in [-0.2, 0) is 0 Å². The summed E-state index contributed by atoms with van der Waals surface area (Å²) in [6.07, 6.45) is 0. The van der Waals surface area contributed by atoms with Crippen LogP contribution in [0.5, 0.6) is 34.5 Å². The number of hydrogen-bond donors (Lipinski definition) is 3. The van der Waals surface area contributed by atoms with Gasteiger partial charge in [0.1, 0.15) is 51.2 Å². The fourth-order valence-corrected chi connectivity index (χ4v) is 2.93. The van der Waals surface area contributed by atoms with Gasteiger partial charge in [0.2, 0.25) is 0 Å². The third-order valence-corrected chi connectivity index (χ3v) is 4.92. The summed E-state index contributed by atoms with van der Waals surface area (Å²) in [5.74, 6) is -0.436. The zero-order chi connectivity index (χ0) is 29.5. The van der Waals surface area contributed by atoms with E-state index < -0.39 is 17.9 Å². The van der Waals surface area contributed by atoms with E-state index >= 15 is 0 Å². The molecule has 0 saturated carbocycles. The van der Waals surface area contributed by atoms with Crippen LogP contribution in [0.3, 0.4) is 0 Å². The van der Waals surface area contributed by atoms with Gasteiger partial charge in [0.05, 0.1) is 42.7 Å². The molecule has 13 heteroatoms. The summed E-state index contributed by atoms with van der Waals surface area (Å²) in [5, 5.41) is 26.2. The molecule has 0 bridgehead atoms. The summed E-state index contributed by atoms with van der Waals surface area (Å²) < 4.78 is 29.4. The number of carboxylic acid groups (broad SMARTS) is 3. The van der Waals surface area contributed by atoms with Crippen molar-refractivity contribution in [1.82, 2.24) is 0 Å². The second-order valence-corrected chi connectivity index (χ2v) is 7.11. The minimum Gasteiger partial charge on any atom is -0.497 e. The van der Waals surface area contributed by atoms with E-state index in [-0.39, 0.29) is 53.6 Å². The Morgan fingerprint density at radius 3 is 0.825 bits per heavy atom. The summed E-state index contributed by atoms with van der Waals surface area (Å²) in [4.78, 5) is 32.0. The minimum absolute atomic E-state index is 0. The van der Waals surface area contributed by atoms with Gasteiger partial charge in [-0.05, 0) is 36.4 Å². The van der Waals surface area contributed by atoms with Crippen molar-refractivity contribution in [3.8, 4) is 34.5 Å². The Morgan fingerprint density at radius 2 is 0.675 bits per heavy atom. The summed E-state index contributed by atoms with van der Waals surface area (Å²) in [6.45, 7) is 0. The van der Waals surface area contributed by atoms with Crippen LogP contribution in [0.4, 0.5) is 0 Å². The van der Waals surface area contributed by atoms with Crippen LogP contribution in [0.2, 0.25) is 0 Å². The quantitative estimate of drug-likeness (QED) is 0.289. The molecule has 3 rings (SSSR count). The maximum atomic E-state index is 10.7. The topological polar surface area (TPSA) is 167 Å². The molecule has 0 aromatic heterocycles. The number of hydrogen-bond acceptors (Lipinski definition) is 9. The molecule has 0 aliphatic carbocycles. The van der Waals surface area contributed by atoms with Crippen molar-refractivity contribution in [2.45, 2.75) is 0 Å². The third-order valence-electron chi connectivity index (χ3n) is 4.92. The number of aromatic carboxylic acids is 3. The Hall–Kier alpha value is -3.90. The van der Waals surface area contributed by atoms with Crippen molar-refractivity contribution in [1.29, 1.82) is 0 Å². The Morgan fingerprint density at radius 1 is 0.450 bits per heavy atom. The minimum atomic E-state index is -1.01. The van der Waals surface area contributed by atoms with E-state index in [1.807, 2.05) is 0 Å². The SMILES string of the molecule is COc1ccc(C(=O)O)c(OC)c1.COc1ccc(C(=O)O)c(OC)c1.COc1ccc(C(=O)O)c(OC)c1.[Lu]. The molecular formula is C27H30LuO12. The second kappa shape index (κ2) is 18.4. The van der Waals surface area contributed by atoms with Crippen LogP contribution in [0.25, 0.3) is 0 Å². The largest absolute Gasteiger partial charge is 0.497 e. The summed E-state index contributed by atoms with van der Waals surface area (Å²) in [5.41, 5.74) is 0.384. The average Bonchev–Trinajstić information content (AvgIpc) is 2.96. The van der Waals surface area contributed by atoms with Crippen molar-refractivity contribution in [2.24, 2.45) is 0 Å². The molecule has 0 aliphatic rings. The van der Waals surface area contributed by atoms with Crippen molar-refractivity contribution >= 4 is 17.9 Å². The molecule has 0 amide bonds. The van der Waals surface area contributed by atoms with Gasteiger partial charge >= 0.3 is 17.9 Å². The van der Waals surface area contributed by atoms with Gasteiger partial charge in [0.15, 0.2) is 0 Å². The molecule has 3 N–H and O–H groups in total. The van der Waals surface area contributed by atoms with Gasteiger partial charge < -0.3 is 43.7 Å². The monoisotopic (exact) mass is 721 g/mol. The van der Waals surface area contributed by atoms with Crippen LogP contribution in [0, 0.1) is 36.9 Å². The molecule has 3 aromatic carbocycles. The predicted octanol–water partition coefficient (Wildman–Crippen LogP) is 4.21. The van der Waals surface area contributed by atoms with Crippen LogP contribution >= 0.6 is 0 Å². The van der Waals surface area contributed by atoms with E-state index in [0.29, 0.717) is 34.5 Å². The molecule has 0 spiro atoms. The third kappa shape index (κ3) is 10.7. The van der Waals surface area contributed by atoms with Gasteiger partial charge in [0.25, 0.3) is 0 Å². The number of benzene rings is 3. The molecule has 0 saturated heterocycles. The van der Waals surface area contributed by atoms with Crippen molar-refractivity contribution < 1.29 is 95.0 Å². The molecule has 0 unspecified atom stereocenters. The molecule has 0 fully saturated rings. The molecule has 225 valence electrons. The van der Waals surface area contributed by atoms with Crippen LogP contribution in [0.1, 0.15) is 31.1 Å². The Kier molecular flexibility index (Phi) is 16.6. The number of rotatable bonds is 9. The predicted molar refractivity (Wildman–Crippen MR) is 140 cm³/mol. The number of carbonyl (C=O) groups is 3. The first kappa shape index (κ1) is 36.1. The number of carboxylic acids is 3. The van der Waals surface area contributed by atoms with E-state index in [2.05, 4.69) is 0 Å². The maximum Gasteiger partial charge on any atom is 0.339 e. The van der Waals surface area contributed by atoms with Gasteiger partial charge in [-0.2, -0.15) is 0 Å². The molecule has 0 aliphatic heterocycles. The molecular weight excluding hydrogens is 691 g/mol. The van der Waals surface area contributed by atoms with Gasteiger partial charge in [-0.25, -0.2) is 14.4 Å². The Bertz CT molecular complexity index is 1120. The first-order valence-electron chi connectivity index (χ1n) is 10.9. The second-order valence-electron chi connectivity index (χ2n) is 7.11. The summed E-state index contributed by atoms with van der Waals surface area (Å²) in [6, 6.07) is 13.7. The zero-order valence-electron chi connectivity index (χ0n) is 22.5. The van der Waals surface area contributed by atoms with Gasteiger partial charge in [-0.3, -0.25) is 0 Å². The first-order valence-corrected chi connectivity index (χ1v) is 10.9. The van der Waals surface area contributed by atoms with Crippen LogP contribution in [0.15, 0.2) is 54.6 Å². The van der Waals surface area contributed by atoms with Gasteiger partial charge in [-0.1, -0.05) is 0 Å². The van der Waals surface area contributed by atoms with Crippen molar-refractivity contribution in [3.05, 3.63) is 71.3 Å². The van der Waals surface area contributed by atoms with E-state index in [1.165, 1.54) is 79.1 Å². The molecule has 0 heterocycles. The van der Waals surface area contributed by atoms with E-state index in [1.54, 1.807) is 18.2 Å². The fourth-order valence-electron chi connectivity index (χ4n) is 2.93. The Labute approximate surface area is 260 Å². The molecule has 1 radical (unpaired) electrons. The summed E-state index contributed by atoms with van der Waals surface area (Å²) in [7, 11) is 8.78. The Balaban J connectivity index is 0.000000563. The zero-order valence-corrected chi connectivity index (χ0v) is 24.1. The smallest absolute Gasteiger partial charge is 0.339 e. The van der Waals surface area contributed by atoms with Crippen LogP contribution < -0.4 is 28.4 Å². The van der Waals surface area contributed by atoms with Crippen molar-refractivity contribution in [2.75, 3.05) is 42.7 Å². The van der Waals surface area contributed by atoms with Gasteiger partial charge in [0, 0.05) is 55.1 Å². The normalized spacial score (nSPS) is 9.15. The van der Waals surface area contributed by atoms with E-state index in [0.717, 1.165) is 0 Å².